The van der Waals surface area contributed by atoms with Crippen molar-refractivity contribution in [2.45, 2.75) is 5.41 Å². The van der Waals surface area contributed by atoms with E-state index in [2.05, 4.69) is 193 Å². The van der Waals surface area contributed by atoms with Gasteiger partial charge in [-0.1, -0.05) is 164 Å². The van der Waals surface area contributed by atoms with Crippen LogP contribution >= 0.6 is 0 Å². The largest absolute Gasteiger partial charge is 0.449 e. The molecule has 0 bridgehead atoms. The molecule has 10 aromatic carbocycles. The third kappa shape index (κ3) is 4.68. The Morgan fingerprint density at radius 1 is 0.362 bits per heavy atom. The predicted molar refractivity (Wildman–Crippen MR) is 238 cm³/mol. The molecule has 0 saturated heterocycles. The van der Waals surface area contributed by atoms with E-state index in [0.717, 1.165) is 51.2 Å². The highest BCUT2D eigenvalue weighted by Gasteiger charge is 2.48. The van der Waals surface area contributed by atoms with Gasteiger partial charge in [0.25, 0.3) is 0 Å². The molecule has 272 valence electrons. The van der Waals surface area contributed by atoms with E-state index in [-0.39, 0.29) is 0 Å². The molecule has 10 aromatic rings. The Bertz CT molecular complexity index is 3230. The minimum atomic E-state index is -0.618. The van der Waals surface area contributed by atoms with Gasteiger partial charge in [-0.25, -0.2) is 0 Å². The molecule has 2 aliphatic rings. The van der Waals surface area contributed by atoms with Gasteiger partial charge in [0.05, 0.1) is 11.1 Å². The van der Waals surface area contributed by atoms with Crippen LogP contribution in [0.2, 0.25) is 0 Å². The van der Waals surface area contributed by atoms with Crippen LogP contribution in [0.1, 0.15) is 22.3 Å². The van der Waals surface area contributed by atoms with Gasteiger partial charge < -0.3 is 14.4 Å². The van der Waals surface area contributed by atoms with Crippen LogP contribution in [0.15, 0.2) is 212 Å². The second-order valence-electron chi connectivity index (χ2n) is 15.2. The van der Waals surface area contributed by atoms with Crippen LogP contribution in [-0.4, -0.2) is 0 Å². The van der Waals surface area contributed by atoms with Crippen molar-refractivity contribution in [2.75, 3.05) is 4.90 Å². The topological polar surface area (TPSA) is 21.7 Å². The number of nitrogens with zero attached hydrogens (tertiary/aromatic N) is 1. The molecule has 3 heteroatoms. The molecule has 0 radical (unpaired) electrons. The van der Waals surface area contributed by atoms with Gasteiger partial charge in [-0.15, -0.1) is 0 Å². The Kier molecular flexibility index (Phi) is 7.14. The summed E-state index contributed by atoms with van der Waals surface area (Å²) in [7, 11) is 0. The fourth-order valence-electron chi connectivity index (χ4n) is 9.71. The standard InChI is InChI=1S/C55H35NO2/c1-3-16-37(17-4-1)55(47-24-12-11-23-45(47)53-48(55)33-34-52-54(53)58-51-26-14-13-25-50(51)57-52)38-28-30-40(31-29-38)56(39-18-5-2-6-19-39)49-35-46-41-20-8-7-15-36(41)27-32-43(46)42-21-9-10-22-44(42)49/h1-35H. The van der Waals surface area contributed by atoms with Crippen LogP contribution in [0.3, 0.4) is 0 Å². The van der Waals surface area contributed by atoms with Crippen LogP contribution in [0, 0.1) is 0 Å². The third-order valence-electron chi connectivity index (χ3n) is 12.2. The molecular weight excluding hydrogens is 707 g/mol. The lowest BCUT2D eigenvalue weighted by molar-refractivity contribution is 0.360. The van der Waals surface area contributed by atoms with Gasteiger partial charge in [-0.2, -0.15) is 0 Å². The van der Waals surface area contributed by atoms with Gasteiger partial charge in [0, 0.05) is 22.3 Å². The van der Waals surface area contributed by atoms with E-state index in [9.17, 15) is 0 Å². The molecule has 0 aromatic heterocycles. The van der Waals surface area contributed by atoms with Crippen LogP contribution < -0.4 is 14.4 Å². The van der Waals surface area contributed by atoms with E-state index in [1.165, 1.54) is 54.6 Å². The summed E-state index contributed by atoms with van der Waals surface area (Å²) in [6, 6.07) is 76.3. The summed E-state index contributed by atoms with van der Waals surface area (Å²) in [5, 5.41) is 7.41. The summed E-state index contributed by atoms with van der Waals surface area (Å²) in [6.07, 6.45) is 0. The highest BCUT2D eigenvalue weighted by molar-refractivity contribution is 6.21. The molecule has 3 nitrogen and oxygen atoms in total. The van der Waals surface area contributed by atoms with E-state index in [1.807, 2.05) is 24.3 Å². The molecule has 0 saturated carbocycles. The normalized spacial score (nSPS) is 14.9. The summed E-state index contributed by atoms with van der Waals surface area (Å²) < 4.78 is 13.2. The first-order valence-corrected chi connectivity index (χ1v) is 19.8. The maximum absolute atomic E-state index is 6.75. The zero-order valence-corrected chi connectivity index (χ0v) is 31.5. The van der Waals surface area contributed by atoms with Crippen LogP contribution in [0.4, 0.5) is 17.1 Å². The van der Waals surface area contributed by atoms with Crippen molar-refractivity contribution in [3.8, 4) is 34.1 Å². The number of hydrogen-bond donors (Lipinski definition) is 0. The molecule has 1 atom stereocenters. The summed E-state index contributed by atoms with van der Waals surface area (Å²) in [5.41, 5.74) is 9.65. The molecule has 1 aliphatic heterocycles. The summed E-state index contributed by atoms with van der Waals surface area (Å²) in [6.45, 7) is 0. The van der Waals surface area contributed by atoms with Gasteiger partial charge in [0.15, 0.2) is 23.0 Å². The fourth-order valence-corrected chi connectivity index (χ4v) is 9.71. The van der Waals surface area contributed by atoms with Crippen molar-refractivity contribution in [1.82, 2.24) is 0 Å². The summed E-state index contributed by atoms with van der Waals surface area (Å²) >= 11 is 0. The highest BCUT2D eigenvalue weighted by Crippen LogP contribution is 2.62. The zero-order valence-electron chi connectivity index (χ0n) is 31.5. The predicted octanol–water partition coefficient (Wildman–Crippen LogP) is 14.9. The Hall–Kier alpha value is -7.62. The van der Waals surface area contributed by atoms with Crippen molar-refractivity contribution in [3.63, 3.8) is 0 Å². The molecule has 0 amide bonds. The van der Waals surface area contributed by atoms with Gasteiger partial charge in [0.1, 0.15) is 0 Å². The number of benzene rings is 10. The first-order chi connectivity index (χ1) is 28.8. The van der Waals surface area contributed by atoms with Crippen molar-refractivity contribution in [3.05, 3.63) is 235 Å². The quantitative estimate of drug-likeness (QED) is 0.164. The second kappa shape index (κ2) is 12.7. The van der Waals surface area contributed by atoms with E-state index < -0.39 is 5.41 Å². The molecule has 1 unspecified atom stereocenters. The lowest BCUT2D eigenvalue weighted by atomic mass is 9.67. The first-order valence-electron chi connectivity index (χ1n) is 19.8. The lowest BCUT2D eigenvalue weighted by Gasteiger charge is -2.35. The second-order valence-corrected chi connectivity index (χ2v) is 15.2. The zero-order chi connectivity index (χ0) is 38.2. The monoisotopic (exact) mass is 741 g/mol. The third-order valence-corrected chi connectivity index (χ3v) is 12.2. The number of para-hydroxylation sites is 3. The molecule has 0 fully saturated rings. The maximum atomic E-state index is 6.75. The number of anilines is 3. The number of ether oxygens (including phenoxy) is 2. The molecule has 58 heavy (non-hydrogen) atoms. The molecular formula is C55H35NO2. The molecule has 1 heterocycles. The maximum Gasteiger partial charge on any atom is 0.178 e. The van der Waals surface area contributed by atoms with Crippen LogP contribution in [0.25, 0.3) is 43.4 Å². The highest BCUT2D eigenvalue weighted by atomic mass is 16.6. The minimum Gasteiger partial charge on any atom is -0.449 e. The van der Waals surface area contributed by atoms with Crippen molar-refractivity contribution in [1.29, 1.82) is 0 Å². The Labute approximate surface area is 336 Å². The lowest BCUT2D eigenvalue weighted by Crippen LogP contribution is -2.28. The fraction of sp³-hybridized carbons (Fsp3) is 0.0182. The van der Waals surface area contributed by atoms with Crippen molar-refractivity contribution >= 4 is 49.4 Å². The van der Waals surface area contributed by atoms with Crippen molar-refractivity contribution in [2.24, 2.45) is 0 Å². The minimum absolute atomic E-state index is 0.618. The van der Waals surface area contributed by atoms with E-state index in [1.54, 1.807) is 0 Å². The van der Waals surface area contributed by atoms with E-state index in [4.69, 9.17) is 9.47 Å². The Morgan fingerprint density at radius 2 is 0.966 bits per heavy atom. The Balaban J connectivity index is 1.09. The first kappa shape index (κ1) is 32.6. The SMILES string of the molecule is c1ccc(N(c2ccc(C3(c4ccccc4)c4ccccc4-c4c3ccc3c4Oc4ccccc4O3)cc2)c2cc3c4ccccc4ccc3c3ccccc23)cc1. The van der Waals surface area contributed by atoms with E-state index in [0.29, 0.717) is 0 Å². The number of hydrogen-bond acceptors (Lipinski definition) is 3. The molecule has 12 rings (SSSR count). The van der Waals surface area contributed by atoms with Crippen LogP contribution in [0.5, 0.6) is 23.0 Å². The Morgan fingerprint density at radius 3 is 1.78 bits per heavy atom. The number of fused-ring (bicyclic) bond motifs is 11. The van der Waals surface area contributed by atoms with E-state index >= 15 is 0 Å². The molecule has 0 spiro atoms. The molecule has 0 N–H and O–H groups in total. The van der Waals surface area contributed by atoms with Crippen LogP contribution in [-0.2, 0) is 5.41 Å². The average Bonchev–Trinajstić information content (AvgIpc) is 3.61. The summed E-state index contributed by atoms with van der Waals surface area (Å²) in [5.74, 6) is 2.92. The number of rotatable bonds is 5. The van der Waals surface area contributed by atoms with Gasteiger partial charge >= 0.3 is 0 Å². The van der Waals surface area contributed by atoms with Gasteiger partial charge in [0.2, 0.25) is 0 Å². The van der Waals surface area contributed by atoms with Crippen molar-refractivity contribution < 1.29 is 9.47 Å². The summed E-state index contributed by atoms with van der Waals surface area (Å²) in [4.78, 5) is 2.41. The smallest absolute Gasteiger partial charge is 0.178 e. The molecule has 1 aliphatic carbocycles. The average molecular weight is 742 g/mol. The van der Waals surface area contributed by atoms with Gasteiger partial charge in [-0.3, -0.25) is 0 Å². The van der Waals surface area contributed by atoms with Gasteiger partial charge in [-0.05, 0) is 103 Å².